The van der Waals surface area contributed by atoms with E-state index in [1.54, 1.807) is 0 Å². The molecule has 1 aromatic rings. The Morgan fingerprint density at radius 2 is 2.29 bits per heavy atom. The molecule has 14 heavy (non-hydrogen) atoms. The summed E-state index contributed by atoms with van der Waals surface area (Å²) in [5.74, 6) is 0. The maximum Gasteiger partial charge on any atom is 0.316 e. The molecular formula is C6H5Br2N3O3. The first kappa shape index (κ1) is 11.3. The first-order valence-corrected chi connectivity index (χ1v) is 5.23. The van der Waals surface area contributed by atoms with Crippen molar-refractivity contribution in [2.45, 2.75) is 3.74 Å². The summed E-state index contributed by atoms with van der Waals surface area (Å²) in [5, 5.41) is 10.6. The second-order valence-electron chi connectivity index (χ2n) is 2.18. The average Bonchev–Trinajstić information content (AvgIpc) is 2.16. The minimum Gasteiger partial charge on any atom is -0.467 e. The van der Waals surface area contributed by atoms with Crippen molar-refractivity contribution in [1.29, 1.82) is 0 Å². The molecule has 0 N–H and O–H groups in total. The van der Waals surface area contributed by atoms with E-state index in [0.717, 1.165) is 6.20 Å². The van der Waals surface area contributed by atoms with Gasteiger partial charge in [0.25, 0.3) is 0 Å². The van der Waals surface area contributed by atoms with Crippen LogP contribution in [0, 0.1) is 10.1 Å². The molecule has 6 nitrogen and oxygen atoms in total. The number of nitrogens with zero attached hydrogens (tertiary/aromatic N) is 3. The maximum absolute atomic E-state index is 10.6. The number of halogens is 2. The van der Waals surface area contributed by atoms with Crippen molar-refractivity contribution in [2.75, 3.05) is 7.11 Å². The highest BCUT2D eigenvalue weighted by Crippen LogP contribution is 2.34. The third kappa shape index (κ3) is 2.38. The smallest absolute Gasteiger partial charge is 0.316 e. The van der Waals surface area contributed by atoms with Gasteiger partial charge in [0.05, 0.1) is 12.0 Å². The van der Waals surface area contributed by atoms with E-state index in [0.29, 0.717) is 0 Å². The molecule has 0 radical (unpaired) electrons. The van der Waals surface area contributed by atoms with Crippen molar-refractivity contribution >= 4 is 37.5 Å². The second-order valence-corrected chi connectivity index (χ2v) is 5.25. The molecule has 0 atom stereocenters. The van der Waals surface area contributed by atoms with Crippen LogP contribution in [0.4, 0.5) is 5.69 Å². The van der Waals surface area contributed by atoms with Crippen LogP contribution in [0.3, 0.4) is 0 Å². The van der Waals surface area contributed by atoms with Gasteiger partial charge in [-0.3, -0.25) is 10.1 Å². The molecule has 1 aromatic heterocycles. The van der Waals surface area contributed by atoms with Crippen LogP contribution < -0.4 is 4.74 Å². The highest BCUT2D eigenvalue weighted by molar-refractivity contribution is 9.24. The molecule has 0 bridgehead atoms. The summed E-state index contributed by atoms with van der Waals surface area (Å²) in [6.07, 6.45) is 1.11. The maximum atomic E-state index is 10.6. The molecule has 1 heterocycles. The molecule has 0 spiro atoms. The third-order valence-electron chi connectivity index (χ3n) is 1.36. The lowest BCUT2D eigenvalue weighted by atomic mass is 10.4. The van der Waals surface area contributed by atoms with Crippen LogP contribution in [0.15, 0.2) is 6.20 Å². The highest BCUT2D eigenvalue weighted by Gasteiger charge is 2.21. The Kier molecular flexibility index (Phi) is 3.76. The molecule has 0 saturated carbocycles. The van der Waals surface area contributed by atoms with Gasteiger partial charge in [-0.2, -0.15) is 9.97 Å². The Bertz CT molecular complexity index is 358. The average molecular weight is 327 g/mol. The Morgan fingerprint density at radius 3 is 2.71 bits per heavy atom. The van der Waals surface area contributed by atoms with E-state index in [2.05, 4.69) is 41.8 Å². The van der Waals surface area contributed by atoms with E-state index in [1.165, 1.54) is 7.11 Å². The van der Waals surface area contributed by atoms with Gasteiger partial charge >= 0.3 is 11.7 Å². The summed E-state index contributed by atoms with van der Waals surface area (Å²) in [5.41, 5.74) is 0.0615. The van der Waals surface area contributed by atoms with Gasteiger partial charge < -0.3 is 4.74 Å². The van der Waals surface area contributed by atoms with E-state index < -0.39 is 8.66 Å². The molecule has 0 aliphatic carbocycles. The van der Waals surface area contributed by atoms with E-state index >= 15 is 0 Å². The van der Waals surface area contributed by atoms with Gasteiger partial charge in [-0.25, -0.2) is 0 Å². The van der Waals surface area contributed by atoms with Gasteiger partial charge in [0, 0.05) is 0 Å². The second kappa shape index (κ2) is 4.65. The molecule has 0 unspecified atom stereocenters. The summed E-state index contributed by atoms with van der Waals surface area (Å²) in [6.45, 7) is 0. The summed E-state index contributed by atoms with van der Waals surface area (Å²) in [6, 6.07) is 0.0921. The molecule has 76 valence electrons. The van der Waals surface area contributed by atoms with Crippen LogP contribution in [0.25, 0.3) is 0 Å². The Morgan fingerprint density at radius 1 is 1.64 bits per heavy atom. The fourth-order valence-corrected chi connectivity index (χ4v) is 1.45. The van der Waals surface area contributed by atoms with Crippen molar-refractivity contribution in [3.8, 4) is 6.01 Å². The van der Waals surface area contributed by atoms with Gasteiger partial charge in [-0.15, -0.1) is 0 Å². The molecule has 0 aliphatic rings. The van der Waals surface area contributed by atoms with Crippen LogP contribution in [0.1, 0.15) is 9.43 Å². The number of aromatic nitrogens is 2. The summed E-state index contributed by atoms with van der Waals surface area (Å²) in [4.78, 5) is 17.5. The van der Waals surface area contributed by atoms with Crippen molar-refractivity contribution < 1.29 is 9.66 Å². The minimum absolute atomic E-state index is 0.0921. The highest BCUT2D eigenvalue weighted by atomic mass is 79.9. The lowest BCUT2D eigenvalue weighted by Crippen LogP contribution is -2.01. The number of methoxy groups -OCH3 is 1. The molecule has 0 saturated heterocycles. The molecule has 1 rings (SSSR count). The zero-order valence-corrected chi connectivity index (χ0v) is 10.1. The van der Waals surface area contributed by atoms with Gasteiger partial charge in [0.1, 0.15) is 15.6 Å². The Balaban J connectivity index is 3.24. The Labute approximate surface area is 96.1 Å². The monoisotopic (exact) mass is 325 g/mol. The first-order valence-electron chi connectivity index (χ1n) is 3.39. The quantitative estimate of drug-likeness (QED) is 0.483. The standard InChI is InChI=1S/C6H5Br2N3O3/c1-14-6-9-2-3(11(12)13)4(10-6)5(7)8/h2,5H,1H3. The lowest BCUT2D eigenvalue weighted by Gasteiger charge is -2.03. The molecule has 0 aliphatic heterocycles. The molecule has 0 fully saturated rings. The van der Waals surface area contributed by atoms with E-state index in [9.17, 15) is 10.1 Å². The molecular weight excluding hydrogens is 322 g/mol. The van der Waals surface area contributed by atoms with Crippen LogP contribution in [-0.2, 0) is 0 Å². The number of nitro groups is 1. The normalized spacial score (nSPS) is 10.3. The van der Waals surface area contributed by atoms with Crippen molar-refractivity contribution in [2.24, 2.45) is 0 Å². The van der Waals surface area contributed by atoms with E-state index in [-0.39, 0.29) is 17.4 Å². The summed E-state index contributed by atoms with van der Waals surface area (Å²) >= 11 is 6.26. The summed E-state index contributed by atoms with van der Waals surface area (Å²) < 4.78 is 4.34. The van der Waals surface area contributed by atoms with Crippen LogP contribution in [0.5, 0.6) is 6.01 Å². The van der Waals surface area contributed by atoms with Crippen LogP contribution in [-0.4, -0.2) is 22.0 Å². The van der Waals surface area contributed by atoms with E-state index in [4.69, 9.17) is 4.74 Å². The minimum atomic E-state index is -0.551. The number of rotatable bonds is 3. The zero-order valence-electron chi connectivity index (χ0n) is 6.98. The van der Waals surface area contributed by atoms with Crippen LogP contribution in [0.2, 0.25) is 0 Å². The summed E-state index contributed by atoms with van der Waals surface area (Å²) in [7, 11) is 1.39. The first-order chi connectivity index (χ1) is 6.56. The largest absolute Gasteiger partial charge is 0.467 e. The predicted octanol–water partition coefficient (Wildman–Crippen LogP) is 2.18. The molecule has 0 amide bonds. The number of ether oxygens (including phenoxy) is 1. The van der Waals surface area contributed by atoms with Crippen molar-refractivity contribution in [1.82, 2.24) is 9.97 Å². The van der Waals surface area contributed by atoms with Gasteiger partial charge in [-0.1, -0.05) is 31.9 Å². The molecule has 8 heteroatoms. The number of hydrogen-bond donors (Lipinski definition) is 0. The zero-order chi connectivity index (χ0) is 10.7. The lowest BCUT2D eigenvalue weighted by molar-refractivity contribution is -0.386. The van der Waals surface area contributed by atoms with Gasteiger partial charge in [0.2, 0.25) is 0 Å². The fraction of sp³-hybridized carbons (Fsp3) is 0.333. The predicted molar refractivity (Wildman–Crippen MR) is 55.8 cm³/mol. The topological polar surface area (TPSA) is 78.2 Å². The number of alkyl halides is 2. The third-order valence-corrected chi connectivity index (χ3v) is 2.23. The van der Waals surface area contributed by atoms with Crippen molar-refractivity contribution in [3.63, 3.8) is 0 Å². The SMILES string of the molecule is COc1ncc([N+](=O)[O-])c(C(Br)Br)n1. The van der Waals surface area contributed by atoms with E-state index in [1.807, 2.05) is 0 Å². The molecule has 0 aromatic carbocycles. The Hall–Kier alpha value is -0.760. The van der Waals surface area contributed by atoms with Crippen molar-refractivity contribution in [3.05, 3.63) is 22.0 Å². The van der Waals surface area contributed by atoms with Crippen LogP contribution >= 0.6 is 31.9 Å². The van der Waals surface area contributed by atoms with Gasteiger partial charge in [0.15, 0.2) is 0 Å². The van der Waals surface area contributed by atoms with Gasteiger partial charge in [-0.05, 0) is 0 Å². The fourth-order valence-electron chi connectivity index (χ4n) is 0.771. The number of hydrogen-bond acceptors (Lipinski definition) is 5.